The number of piperazine rings is 1. The summed E-state index contributed by atoms with van der Waals surface area (Å²) in [7, 11) is 0. The molecule has 1 aromatic carbocycles. The van der Waals surface area contributed by atoms with Gasteiger partial charge in [0.05, 0.1) is 24.3 Å². The zero-order valence-electron chi connectivity index (χ0n) is 20.9. The SMILES string of the molecule is O=C(CS)NCCCCCNC(=O)[C@H]1C[C@H]2C(=O)N3CCC[C@H]3C(=O)N2[C@H]1c1cccc(OCCO)c1. The molecule has 0 saturated carbocycles. The summed E-state index contributed by atoms with van der Waals surface area (Å²) < 4.78 is 5.58. The monoisotopic (exact) mass is 532 g/mol. The van der Waals surface area contributed by atoms with Gasteiger partial charge < -0.3 is 30.3 Å². The molecule has 3 heterocycles. The van der Waals surface area contributed by atoms with Gasteiger partial charge in [-0.2, -0.15) is 12.6 Å². The van der Waals surface area contributed by atoms with Crippen molar-refractivity contribution in [3.8, 4) is 5.75 Å². The van der Waals surface area contributed by atoms with Crippen LogP contribution in [0.2, 0.25) is 0 Å². The van der Waals surface area contributed by atoms with Crippen LogP contribution in [0, 0.1) is 5.92 Å². The number of nitrogens with zero attached hydrogens (tertiary/aromatic N) is 2. The lowest BCUT2D eigenvalue weighted by atomic mass is 9.92. The summed E-state index contributed by atoms with van der Waals surface area (Å²) in [5.74, 6) is -0.304. The lowest BCUT2D eigenvalue weighted by Crippen LogP contribution is -2.60. The third-order valence-corrected chi connectivity index (χ3v) is 7.66. The van der Waals surface area contributed by atoms with E-state index in [4.69, 9.17) is 9.84 Å². The third-order valence-electron chi connectivity index (χ3n) is 7.37. The summed E-state index contributed by atoms with van der Waals surface area (Å²) in [6.07, 6.45) is 4.13. The predicted molar refractivity (Wildman–Crippen MR) is 139 cm³/mol. The van der Waals surface area contributed by atoms with Gasteiger partial charge in [0.2, 0.25) is 23.6 Å². The number of aliphatic hydroxyl groups excluding tert-OH is 1. The molecule has 4 atom stereocenters. The summed E-state index contributed by atoms with van der Waals surface area (Å²) >= 11 is 3.93. The minimum absolute atomic E-state index is 0.0710. The highest BCUT2D eigenvalue weighted by molar-refractivity contribution is 7.81. The summed E-state index contributed by atoms with van der Waals surface area (Å²) in [6.45, 7) is 1.64. The molecule has 3 aliphatic rings. The maximum Gasteiger partial charge on any atom is 0.246 e. The molecule has 11 heteroatoms. The summed E-state index contributed by atoms with van der Waals surface area (Å²) in [6, 6.07) is 5.54. The minimum atomic E-state index is -0.653. The molecule has 0 aromatic heterocycles. The number of amides is 4. The lowest BCUT2D eigenvalue weighted by Gasteiger charge is -2.41. The van der Waals surface area contributed by atoms with Crippen LogP contribution in [0.3, 0.4) is 0 Å². The van der Waals surface area contributed by atoms with Crippen molar-refractivity contribution in [2.75, 3.05) is 38.6 Å². The van der Waals surface area contributed by atoms with E-state index in [2.05, 4.69) is 23.3 Å². The molecule has 0 bridgehead atoms. The largest absolute Gasteiger partial charge is 0.491 e. The molecule has 0 unspecified atom stereocenters. The van der Waals surface area contributed by atoms with E-state index in [-0.39, 0.29) is 49.0 Å². The summed E-state index contributed by atoms with van der Waals surface area (Å²) in [5, 5.41) is 14.9. The maximum atomic E-state index is 13.6. The Hall–Kier alpha value is -2.79. The normalized spacial score (nSPS) is 24.6. The van der Waals surface area contributed by atoms with Crippen LogP contribution in [0.15, 0.2) is 24.3 Å². The number of ether oxygens (including phenoxy) is 1. The van der Waals surface area contributed by atoms with Crippen LogP contribution < -0.4 is 15.4 Å². The molecule has 4 rings (SSSR count). The fourth-order valence-electron chi connectivity index (χ4n) is 5.68. The van der Waals surface area contributed by atoms with E-state index in [0.29, 0.717) is 31.8 Å². The van der Waals surface area contributed by atoms with Gasteiger partial charge >= 0.3 is 0 Å². The van der Waals surface area contributed by atoms with Crippen molar-refractivity contribution >= 4 is 36.3 Å². The van der Waals surface area contributed by atoms with Gasteiger partial charge in [0.15, 0.2) is 0 Å². The zero-order chi connectivity index (χ0) is 26.4. The number of unbranched alkanes of at least 4 members (excludes halogenated alkanes) is 2. The van der Waals surface area contributed by atoms with Crippen molar-refractivity contribution in [2.24, 2.45) is 5.92 Å². The van der Waals surface area contributed by atoms with Gasteiger partial charge in [-0.1, -0.05) is 12.1 Å². The summed E-state index contributed by atoms with van der Waals surface area (Å²) in [4.78, 5) is 54.9. The Morgan fingerprint density at radius 3 is 2.62 bits per heavy atom. The van der Waals surface area contributed by atoms with Crippen molar-refractivity contribution < 1.29 is 29.0 Å². The van der Waals surface area contributed by atoms with Crippen LogP contribution >= 0.6 is 12.6 Å². The average molecular weight is 533 g/mol. The molecule has 3 aliphatic heterocycles. The number of carbonyl (C=O) groups excluding carboxylic acids is 4. The van der Waals surface area contributed by atoms with Crippen LogP contribution in [0.25, 0.3) is 0 Å². The summed E-state index contributed by atoms with van der Waals surface area (Å²) in [5.41, 5.74) is 0.741. The molecule has 3 saturated heterocycles. The quantitative estimate of drug-likeness (QED) is 0.231. The van der Waals surface area contributed by atoms with E-state index in [0.717, 1.165) is 31.2 Å². The van der Waals surface area contributed by atoms with Gasteiger partial charge in [-0.3, -0.25) is 19.2 Å². The molecule has 3 N–H and O–H groups in total. The number of rotatable bonds is 12. The van der Waals surface area contributed by atoms with E-state index < -0.39 is 24.0 Å². The molecule has 10 nitrogen and oxygen atoms in total. The van der Waals surface area contributed by atoms with Crippen LogP contribution in [-0.2, 0) is 19.2 Å². The molecular weight excluding hydrogens is 496 g/mol. The standard InChI is InChI=1S/C26H36N4O6S/c31-12-13-36-18-7-4-6-17(14-18)23-19(24(33)28-10-3-1-2-9-27-22(32)16-37)15-21-25(34)29-11-5-8-20(29)26(35)30(21)23/h4,6-7,14,19-21,23,31,37H,1-3,5,8-13,15-16H2,(H,27,32)(H,28,33)/t19-,20-,21-,23-/m0/s1. The van der Waals surface area contributed by atoms with Crippen molar-refractivity contribution in [1.82, 2.24) is 20.4 Å². The molecule has 37 heavy (non-hydrogen) atoms. The molecule has 1 aromatic rings. The molecule has 0 radical (unpaired) electrons. The van der Waals surface area contributed by atoms with Crippen LogP contribution in [0.4, 0.5) is 0 Å². The fraction of sp³-hybridized carbons (Fsp3) is 0.615. The molecule has 202 valence electrons. The van der Waals surface area contributed by atoms with E-state index in [1.165, 1.54) is 0 Å². The first-order valence-corrected chi connectivity index (χ1v) is 13.7. The first kappa shape index (κ1) is 27.3. The molecule has 0 aliphatic carbocycles. The smallest absolute Gasteiger partial charge is 0.246 e. The number of hydrogen-bond donors (Lipinski definition) is 4. The average Bonchev–Trinajstić information content (AvgIpc) is 3.56. The van der Waals surface area contributed by atoms with Gasteiger partial charge in [-0.25, -0.2) is 0 Å². The minimum Gasteiger partial charge on any atom is -0.491 e. The van der Waals surface area contributed by atoms with Gasteiger partial charge in [-0.15, -0.1) is 0 Å². The predicted octanol–water partition coefficient (Wildman–Crippen LogP) is 0.653. The number of aliphatic hydroxyl groups is 1. The van der Waals surface area contributed by atoms with Crippen LogP contribution in [-0.4, -0.2) is 89.2 Å². The number of hydrogen-bond acceptors (Lipinski definition) is 7. The Kier molecular flexibility index (Phi) is 9.31. The second kappa shape index (κ2) is 12.6. The highest BCUT2D eigenvalue weighted by atomic mass is 32.1. The first-order chi connectivity index (χ1) is 18.0. The van der Waals surface area contributed by atoms with Crippen molar-refractivity contribution in [3.63, 3.8) is 0 Å². The van der Waals surface area contributed by atoms with E-state index in [9.17, 15) is 19.2 Å². The molecular formula is C26H36N4O6S. The Morgan fingerprint density at radius 2 is 1.86 bits per heavy atom. The van der Waals surface area contributed by atoms with Crippen LogP contribution in [0.1, 0.15) is 50.1 Å². The molecule has 3 fully saturated rings. The second-order valence-electron chi connectivity index (χ2n) is 9.74. The number of carbonyl (C=O) groups is 4. The zero-order valence-corrected chi connectivity index (χ0v) is 21.8. The Bertz CT molecular complexity index is 1010. The van der Waals surface area contributed by atoms with Gasteiger partial charge in [0, 0.05) is 19.6 Å². The number of benzene rings is 1. The van der Waals surface area contributed by atoms with Gasteiger partial charge in [0.25, 0.3) is 0 Å². The van der Waals surface area contributed by atoms with Crippen LogP contribution in [0.5, 0.6) is 5.75 Å². The fourth-order valence-corrected chi connectivity index (χ4v) is 5.79. The Labute approximate surface area is 222 Å². The van der Waals surface area contributed by atoms with Gasteiger partial charge in [0.1, 0.15) is 24.4 Å². The number of thiol groups is 1. The van der Waals surface area contributed by atoms with E-state index in [1.54, 1.807) is 28.0 Å². The highest BCUT2D eigenvalue weighted by Crippen LogP contribution is 2.46. The van der Waals surface area contributed by atoms with Gasteiger partial charge in [-0.05, 0) is 56.2 Å². The maximum absolute atomic E-state index is 13.6. The molecule has 0 spiro atoms. The highest BCUT2D eigenvalue weighted by Gasteiger charge is 2.57. The third kappa shape index (κ3) is 6.04. The van der Waals surface area contributed by atoms with E-state index >= 15 is 0 Å². The topological polar surface area (TPSA) is 128 Å². The second-order valence-corrected chi connectivity index (χ2v) is 10.1. The van der Waals surface area contributed by atoms with Crippen molar-refractivity contribution in [1.29, 1.82) is 0 Å². The lowest BCUT2D eigenvalue weighted by molar-refractivity contribution is -0.159. The Balaban J connectivity index is 1.46. The van der Waals surface area contributed by atoms with Crippen molar-refractivity contribution in [2.45, 2.75) is 56.7 Å². The van der Waals surface area contributed by atoms with E-state index in [1.807, 2.05) is 6.07 Å². The molecule has 4 amide bonds. The number of nitrogens with one attached hydrogen (secondary N) is 2. The Morgan fingerprint density at radius 1 is 1.08 bits per heavy atom. The van der Waals surface area contributed by atoms with Crippen molar-refractivity contribution in [3.05, 3.63) is 29.8 Å². The number of fused-ring (bicyclic) bond motifs is 2. The first-order valence-electron chi connectivity index (χ1n) is 13.1.